The highest BCUT2D eigenvalue weighted by Gasteiger charge is 2.24. The maximum Gasteiger partial charge on any atom is 0.329 e. The van der Waals surface area contributed by atoms with Crippen LogP contribution in [-0.4, -0.2) is 29.9 Å². The molecule has 1 aromatic heterocycles. The lowest BCUT2D eigenvalue weighted by Crippen LogP contribution is -2.42. The Hall–Kier alpha value is -2.09. The molecule has 0 fully saturated rings. The maximum absolute atomic E-state index is 12.2. The molecule has 0 saturated heterocycles. The minimum atomic E-state index is -1.08. The number of benzene rings is 1. The predicted octanol–water partition coefficient (Wildman–Crippen LogP) is 3.74. The van der Waals surface area contributed by atoms with Gasteiger partial charge in [-0.3, -0.25) is 9.59 Å². The van der Waals surface area contributed by atoms with E-state index in [0.717, 1.165) is 0 Å². The Labute approximate surface area is 164 Å². The lowest BCUT2D eigenvalue weighted by molar-refractivity contribution is -0.154. The molecule has 0 radical (unpaired) electrons. The standard InChI is InChI=1S/C17H16Cl2N2O4S/c1-9(20-16(23)13-7-4-8-26-13)17(24)25-10(2)15(22)21-12-6-3-5-11(18)14(12)19/h3-10H,1-2H3,(H,20,23)(H,21,22). The zero-order chi connectivity index (χ0) is 19.3. The van der Waals surface area contributed by atoms with Crippen LogP contribution >= 0.6 is 34.5 Å². The van der Waals surface area contributed by atoms with E-state index in [1.807, 2.05) is 0 Å². The molecule has 138 valence electrons. The summed E-state index contributed by atoms with van der Waals surface area (Å²) in [5.41, 5.74) is 0.311. The van der Waals surface area contributed by atoms with Crippen LogP contribution < -0.4 is 10.6 Å². The summed E-state index contributed by atoms with van der Waals surface area (Å²) in [5.74, 6) is -1.68. The molecule has 9 heteroatoms. The van der Waals surface area contributed by atoms with Crippen LogP contribution in [0.4, 0.5) is 5.69 Å². The predicted molar refractivity (Wildman–Crippen MR) is 102 cm³/mol. The van der Waals surface area contributed by atoms with Crippen molar-refractivity contribution in [3.05, 3.63) is 50.6 Å². The second kappa shape index (κ2) is 9.02. The van der Waals surface area contributed by atoms with Crippen LogP contribution in [0, 0.1) is 0 Å². The van der Waals surface area contributed by atoms with Gasteiger partial charge in [-0.05, 0) is 37.4 Å². The molecule has 2 rings (SSSR count). The summed E-state index contributed by atoms with van der Waals surface area (Å²) in [5, 5.41) is 7.30. The molecule has 2 amide bonds. The van der Waals surface area contributed by atoms with Gasteiger partial charge in [-0.1, -0.05) is 35.3 Å². The quantitative estimate of drug-likeness (QED) is 0.704. The van der Waals surface area contributed by atoms with Gasteiger partial charge in [0.25, 0.3) is 11.8 Å². The molecule has 0 bridgehead atoms. The summed E-state index contributed by atoms with van der Waals surface area (Å²) in [4.78, 5) is 36.7. The fourth-order valence-electron chi connectivity index (χ4n) is 1.90. The van der Waals surface area contributed by atoms with Crippen LogP contribution in [0.2, 0.25) is 10.0 Å². The van der Waals surface area contributed by atoms with E-state index in [-0.39, 0.29) is 10.9 Å². The molecule has 2 atom stereocenters. The average molecular weight is 415 g/mol. The SMILES string of the molecule is CC(NC(=O)c1cccs1)C(=O)OC(C)C(=O)Nc1cccc(Cl)c1Cl. The Morgan fingerprint density at radius 2 is 1.85 bits per heavy atom. The normalized spacial score (nSPS) is 12.8. The summed E-state index contributed by atoms with van der Waals surface area (Å²) in [6.07, 6.45) is -1.08. The molecule has 0 saturated carbocycles. The van der Waals surface area contributed by atoms with Crippen LogP contribution in [-0.2, 0) is 14.3 Å². The molecular weight excluding hydrogens is 399 g/mol. The van der Waals surface area contributed by atoms with E-state index in [0.29, 0.717) is 15.6 Å². The average Bonchev–Trinajstić information content (AvgIpc) is 3.13. The van der Waals surface area contributed by atoms with Crippen molar-refractivity contribution in [2.75, 3.05) is 5.32 Å². The number of anilines is 1. The number of nitrogens with one attached hydrogen (secondary N) is 2. The van der Waals surface area contributed by atoms with Gasteiger partial charge in [0.2, 0.25) is 0 Å². The molecule has 2 aromatic rings. The van der Waals surface area contributed by atoms with Gasteiger partial charge in [0.05, 0.1) is 20.6 Å². The van der Waals surface area contributed by atoms with Gasteiger partial charge < -0.3 is 15.4 Å². The molecule has 6 nitrogen and oxygen atoms in total. The zero-order valence-electron chi connectivity index (χ0n) is 13.9. The van der Waals surface area contributed by atoms with Crippen molar-refractivity contribution >= 4 is 58.0 Å². The van der Waals surface area contributed by atoms with Crippen LogP contribution in [0.15, 0.2) is 35.7 Å². The van der Waals surface area contributed by atoms with Crippen molar-refractivity contribution in [3.8, 4) is 0 Å². The summed E-state index contributed by atoms with van der Waals surface area (Å²) in [7, 11) is 0. The number of thiophene rings is 1. The molecule has 0 aliphatic carbocycles. The van der Waals surface area contributed by atoms with E-state index in [1.54, 1.807) is 35.7 Å². The topological polar surface area (TPSA) is 84.5 Å². The first-order chi connectivity index (χ1) is 12.3. The third kappa shape index (κ3) is 5.20. The Kier molecular flexibility index (Phi) is 7.02. The van der Waals surface area contributed by atoms with Gasteiger partial charge in [0.15, 0.2) is 6.10 Å². The molecule has 2 N–H and O–H groups in total. The number of halogens is 2. The van der Waals surface area contributed by atoms with E-state index < -0.39 is 24.0 Å². The largest absolute Gasteiger partial charge is 0.451 e. The van der Waals surface area contributed by atoms with Gasteiger partial charge >= 0.3 is 5.97 Å². The molecule has 1 heterocycles. The minimum absolute atomic E-state index is 0.192. The molecule has 2 unspecified atom stereocenters. The first kappa shape index (κ1) is 20.2. The molecule has 0 aliphatic rings. The van der Waals surface area contributed by atoms with Crippen molar-refractivity contribution in [3.63, 3.8) is 0 Å². The second-order valence-electron chi connectivity index (χ2n) is 5.34. The summed E-state index contributed by atoms with van der Waals surface area (Å²) < 4.78 is 5.10. The van der Waals surface area contributed by atoms with E-state index in [4.69, 9.17) is 27.9 Å². The lowest BCUT2D eigenvalue weighted by atomic mass is 10.3. The first-order valence-electron chi connectivity index (χ1n) is 7.59. The Morgan fingerprint density at radius 3 is 2.50 bits per heavy atom. The third-order valence-corrected chi connectivity index (χ3v) is 5.01. The zero-order valence-corrected chi connectivity index (χ0v) is 16.2. The Bertz CT molecular complexity index is 811. The minimum Gasteiger partial charge on any atom is -0.451 e. The Morgan fingerprint density at radius 1 is 1.12 bits per heavy atom. The van der Waals surface area contributed by atoms with Gasteiger partial charge in [-0.15, -0.1) is 11.3 Å². The Balaban J connectivity index is 1.90. The highest BCUT2D eigenvalue weighted by molar-refractivity contribution is 7.12. The van der Waals surface area contributed by atoms with E-state index in [9.17, 15) is 14.4 Å². The number of ether oxygens (including phenoxy) is 1. The molecule has 0 aliphatic heterocycles. The van der Waals surface area contributed by atoms with Gasteiger partial charge in [-0.2, -0.15) is 0 Å². The number of carbonyl (C=O) groups excluding carboxylic acids is 3. The van der Waals surface area contributed by atoms with Crippen LogP contribution in [0.5, 0.6) is 0 Å². The number of hydrogen-bond donors (Lipinski definition) is 2. The smallest absolute Gasteiger partial charge is 0.329 e. The maximum atomic E-state index is 12.2. The van der Waals surface area contributed by atoms with Crippen molar-refractivity contribution in [2.45, 2.75) is 26.0 Å². The second-order valence-corrected chi connectivity index (χ2v) is 7.08. The monoisotopic (exact) mass is 414 g/mol. The number of esters is 1. The molecule has 1 aromatic carbocycles. The van der Waals surface area contributed by atoms with E-state index in [2.05, 4.69) is 10.6 Å². The first-order valence-corrected chi connectivity index (χ1v) is 9.23. The van der Waals surface area contributed by atoms with Crippen LogP contribution in [0.1, 0.15) is 23.5 Å². The number of amides is 2. The van der Waals surface area contributed by atoms with Crippen LogP contribution in [0.3, 0.4) is 0 Å². The van der Waals surface area contributed by atoms with Crippen LogP contribution in [0.25, 0.3) is 0 Å². The highest BCUT2D eigenvalue weighted by Crippen LogP contribution is 2.29. The lowest BCUT2D eigenvalue weighted by Gasteiger charge is -2.17. The fourth-order valence-corrected chi connectivity index (χ4v) is 2.87. The third-order valence-electron chi connectivity index (χ3n) is 3.32. The number of hydrogen-bond acceptors (Lipinski definition) is 5. The summed E-state index contributed by atoms with van der Waals surface area (Å²) in [6.45, 7) is 2.89. The van der Waals surface area contributed by atoms with Gasteiger partial charge in [0, 0.05) is 0 Å². The summed E-state index contributed by atoms with van der Waals surface area (Å²) in [6, 6.07) is 7.25. The molecular formula is C17H16Cl2N2O4S. The fraction of sp³-hybridized carbons (Fsp3) is 0.235. The van der Waals surface area contributed by atoms with Gasteiger partial charge in [0.1, 0.15) is 6.04 Å². The van der Waals surface area contributed by atoms with Crippen molar-refractivity contribution in [1.82, 2.24) is 5.32 Å². The van der Waals surface area contributed by atoms with Gasteiger partial charge in [-0.25, -0.2) is 4.79 Å². The van der Waals surface area contributed by atoms with Crippen molar-refractivity contribution < 1.29 is 19.1 Å². The van der Waals surface area contributed by atoms with Crippen molar-refractivity contribution in [2.24, 2.45) is 0 Å². The number of rotatable bonds is 6. The summed E-state index contributed by atoms with van der Waals surface area (Å²) >= 11 is 13.1. The molecule has 26 heavy (non-hydrogen) atoms. The number of carbonyl (C=O) groups is 3. The molecule has 0 spiro atoms. The van der Waals surface area contributed by atoms with E-state index in [1.165, 1.54) is 25.2 Å². The van der Waals surface area contributed by atoms with Crippen molar-refractivity contribution in [1.29, 1.82) is 0 Å². The van der Waals surface area contributed by atoms with E-state index >= 15 is 0 Å². The highest BCUT2D eigenvalue weighted by atomic mass is 35.5.